The van der Waals surface area contributed by atoms with Crippen LogP contribution in [0.15, 0.2) is 24.8 Å². The molecule has 3 aromatic rings. The molecule has 0 saturated carbocycles. The Labute approximate surface area is 252 Å². The van der Waals surface area contributed by atoms with Gasteiger partial charge in [-0.15, -0.1) is 0 Å². The fraction of sp³-hybridized carbons (Fsp3) is 0.500. The zero-order valence-electron chi connectivity index (χ0n) is 23.7. The first-order valence-corrected chi connectivity index (χ1v) is 14.5. The molecule has 1 atom stereocenters. The Bertz CT molecular complexity index is 1510. The number of fused-ring (bicyclic) bond motifs is 1. The highest BCUT2D eigenvalue weighted by atomic mass is 35.5. The third-order valence-corrected chi connectivity index (χ3v) is 8.32. The fourth-order valence-electron chi connectivity index (χ4n) is 5.60. The van der Waals surface area contributed by atoms with Crippen molar-refractivity contribution in [2.24, 2.45) is 0 Å². The number of alkyl halides is 2. The summed E-state index contributed by atoms with van der Waals surface area (Å²) in [4.78, 5) is 33.0. The number of aromatic amines is 1. The maximum Gasteiger partial charge on any atom is 0.271 e. The quantitative estimate of drug-likeness (QED) is 0.301. The number of nitrogens with zero attached hydrogens (tertiary/aromatic N) is 5. The van der Waals surface area contributed by atoms with Crippen LogP contribution in [0.5, 0.6) is 0 Å². The average Bonchev–Trinajstić information content (AvgIpc) is 3.59. The Balaban J connectivity index is 1.41. The van der Waals surface area contributed by atoms with Crippen molar-refractivity contribution in [1.82, 2.24) is 34.9 Å². The second-order valence-corrected chi connectivity index (χ2v) is 12.6. The van der Waals surface area contributed by atoms with Crippen LogP contribution in [-0.2, 0) is 16.8 Å². The lowest BCUT2D eigenvalue weighted by Crippen LogP contribution is -2.60. The normalized spacial score (nSPS) is 18.1. The zero-order chi connectivity index (χ0) is 30.3. The van der Waals surface area contributed by atoms with E-state index in [2.05, 4.69) is 53.2 Å². The van der Waals surface area contributed by atoms with Gasteiger partial charge < -0.3 is 20.1 Å². The van der Waals surface area contributed by atoms with Crippen LogP contribution in [0.4, 0.5) is 14.6 Å². The summed E-state index contributed by atoms with van der Waals surface area (Å²) in [5.74, 6) is 0.421. The highest BCUT2D eigenvalue weighted by Gasteiger charge is 2.35. The molecule has 2 aliphatic rings. The number of amides is 2. The molecule has 0 spiro atoms. The lowest BCUT2D eigenvalue weighted by molar-refractivity contribution is -0.130. The lowest BCUT2D eigenvalue weighted by atomic mass is 9.86. The number of carbonyl (C=O) groups is 2. The van der Waals surface area contributed by atoms with E-state index in [0.29, 0.717) is 49.3 Å². The van der Waals surface area contributed by atoms with Gasteiger partial charge in [0, 0.05) is 42.6 Å². The number of rotatable bonds is 9. The number of halogens is 4. The average molecular weight is 624 g/mol. The van der Waals surface area contributed by atoms with Crippen LogP contribution in [0.2, 0.25) is 10.2 Å². The number of benzene rings is 1. The fourth-order valence-corrected chi connectivity index (χ4v) is 6.32. The van der Waals surface area contributed by atoms with Crippen molar-refractivity contribution >= 4 is 51.7 Å². The van der Waals surface area contributed by atoms with E-state index in [4.69, 9.17) is 23.2 Å². The van der Waals surface area contributed by atoms with Crippen LogP contribution >= 0.6 is 23.2 Å². The second kappa shape index (κ2) is 11.8. The molecule has 0 unspecified atom stereocenters. The Morgan fingerprint density at radius 1 is 1.24 bits per heavy atom. The van der Waals surface area contributed by atoms with Gasteiger partial charge in [0.15, 0.2) is 11.0 Å². The summed E-state index contributed by atoms with van der Waals surface area (Å²) in [5, 5.41) is 15.2. The maximum atomic E-state index is 13.5. The summed E-state index contributed by atoms with van der Waals surface area (Å²) in [7, 11) is 0. The Hall–Kier alpha value is -3.22. The van der Waals surface area contributed by atoms with Crippen molar-refractivity contribution in [3.8, 4) is 0 Å². The predicted molar refractivity (Wildman–Crippen MR) is 158 cm³/mol. The summed E-state index contributed by atoms with van der Waals surface area (Å²) in [5.41, 5.74) is 1.72. The maximum absolute atomic E-state index is 13.5. The number of anilines is 1. The molecule has 1 aromatic carbocycles. The zero-order valence-corrected chi connectivity index (χ0v) is 25.2. The van der Waals surface area contributed by atoms with Gasteiger partial charge in [0.05, 0.1) is 24.6 Å². The third kappa shape index (κ3) is 6.11. The van der Waals surface area contributed by atoms with Gasteiger partial charge in [0.2, 0.25) is 5.91 Å². The van der Waals surface area contributed by atoms with Gasteiger partial charge in [-0.05, 0) is 35.6 Å². The monoisotopic (exact) mass is 622 g/mol. The van der Waals surface area contributed by atoms with Crippen LogP contribution in [0.25, 0.3) is 10.9 Å². The Morgan fingerprint density at radius 2 is 1.98 bits per heavy atom. The third-order valence-electron chi connectivity index (χ3n) is 7.74. The first kappa shape index (κ1) is 30.2. The number of carbonyl (C=O) groups excluding carboxylic acids is 2. The van der Waals surface area contributed by atoms with Crippen LogP contribution in [0.3, 0.4) is 0 Å². The minimum absolute atomic E-state index is 0.0173. The van der Waals surface area contributed by atoms with Crippen LogP contribution in [0.1, 0.15) is 55.1 Å². The van der Waals surface area contributed by atoms with Crippen molar-refractivity contribution in [1.29, 1.82) is 0 Å². The van der Waals surface area contributed by atoms with Crippen molar-refractivity contribution in [3.63, 3.8) is 0 Å². The minimum atomic E-state index is -2.46. The van der Waals surface area contributed by atoms with Gasteiger partial charge in [0.25, 0.3) is 12.3 Å². The molecule has 2 aromatic heterocycles. The largest absolute Gasteiger partial charge is 0.361 e. The summed E-state index contributed by atoms with van der Waals surface area (Å²) < 4.78 is 28.0. The number of imidazole rings is 1. The van der Waals surface area contributed by atoms with Gasteiger partial charge in [-0.3, -0.25) is 19.6 Å². The van der Waals surface area contributed by atoms with Crippen molar-refractivity contribution in [3.05, 3.63) is 52.0 Å². The van der Waals surface area contributed by atoms with E-state index in [1.165, 1.54) is 6.08 Å². The molecular formula is C28H34Cl2F2N8O2. The molecule has 4 heterocycles. The Kier molecular flexibility index (Phi) is 8.51. The second-order valence-electron chi connectivity index (χ2n) is 11.8. The predicted octanol–water partition coefficient (Wildman–Crippen LogP) is 4.61. The molecule has 5 rings (SSSR count). The van der Waals surface area contributed by atoms with E-state index in [0.717, 1.165) is 16.5 Å². The van der Waals surface area contributed by atoms with Gasteiger partial charge in [-0.1, -0.05) is 50.6 Å². The molecule has 0 bridgehead atoms. The summed E-state index contributed by atoms with van der Waals surface area (Å²) >= 11 is 13.1. The van der Waals surface area contributed by atoms with Crippen LogP contribution in [0, 0.1) is 0 Å². The summed E-state index contributed by atoms with van der Waals surface area (Å²) in [6.07, 6.45) is -0.676. The molecule has 0 aliphatic carbocycles. The van der Waals surface area contributed by atoms with E-state index in [1.54, 1.807) is 14.4 Å². The molecular weight excluding hydrogens is 589 g/mol. The van der Waals surface area contributed by atoms with E-state index < -0.39 is 12.3 Å². The number of hydrogen-bond acceptors (Lipinski definition) is 6. The molecule has 14 heteroatoms. The number of likely N-dealkylation sites (tertiary alicyclic amines) is 2. The Morgan fingerprint density at radius 3 is 2.64 bits per heavy atom. The molecule has 0 radical (unpaired) electrons. The van der Waals surface area contributed by atoms with Crippen molar-refractivity contribution in [2.75, 3.05) is 38.0 Å². The van der Waals surface area contributed by atoms with Crippen molar-refractivity contribution < 1.29 is 18.4 Å². The van der Waals surface area contributed by atoms with E-state index in [1.807, 2.05) is 12.1 Å². The van der Waals surface area contributed by atoms with Crippen LogP contribution in [-0.4, -0.2) is 86.6 Å². The number of hydrogen-bond donors (Lipinski definition) is 3. The lowest BCUT2D eigenvalue weighted by Gasteiger charge is -2.39. The number of nitrogens with one attached hydrogen (secondary N) is 3. The highest BCUT2D eigenvalue weighted by molar-refractivity contribution is 6.32. The topological polar surface area (TPSA) is 111 Å². The highest BCUT2D eigenvalue weighted by Crippen LogP contribution is 2.35. The molecule has 3 N–H and O–H groups in total. The minimum Gasteiger partial charge on any atom is -0.361 e. The van der Waals surface area contributed by atoms with Gasteiger partial charge in [-0.25, -0.2) is 13.8 Å². The van der Waals surface area contributed by atoms with Crippen LogP contribution < -0.4 is 10.6 Å². The molecule has 2 amide bonds. The van der Waals surface area contributed by atoms with Gasteiger partial charge >= 0.3 is 0 Å². The molecule has 226 valence electrons. The van der Waals surface area contributed by atoms with E-state index in [-0.39, 0.29) is 47.3 Å². The smallest absolute Gasteiger partial charge is 0.271 e. The number of aromatic nitrogens is 4. The first-order chi connectivity index (χ1) is 19.8. The van der Waals surface area contributed by atoms with E-state index in [9.17, 15) is 18.4 Å². The summed E-state index contributed by atoms with van der Waals surface area (Å²) in [6, 6.07) is 3.31. The summed E-state index contributed by atoms with van der Waals surface area (Å²) in [6.45, 7) is 11.1. The molecule has 2 fully saturated rings. The SMILES string of the molecule is C=CC(=O)N1CC(NC(=O)c2c(Cl)nc(CNc3n[nH]c4cc(Cl)c(C(C)(C)C)cc34)n2[C@H]2CCN(CC(F)F)C2)C1. The molecule has 2 aliphatic heterocycles. The number of H-pyrrole nitrogens is 1. The molecule has 42 heavy (non-hydrogen) atoms. The van der Waals surface area contributed by atoms with Crippen molar-refractivity contribution in [2.45, 2.75) is 57.7 Å². The first-order valence-electron chi connectivity index (χ1n) is 13.8. The van der Waals surface area contributed by atoms with Gasteiger partial charge in [0.1, 0.15) is 11.5 Å². The standard InChI is InChI=1S/C28H34Cl2F2N8O2/c1-5-23(41)39-11-15(12-39)34-27(42)24-25(30)35-22(40(24)16-6-7-38(13-16)14-21(31)32)10-33-26-17-8-18(28(2,3)4)19(29)9-20(17)36-37-26/h5,8-9,15-16,21H,1,6-7,10-14H2,2-4H3,(H,34,42)(H2,33,36,37)/t16-/m0/s1. The van der Waals surface area contributed by atoms with Gasteiger partial charge in [-0.2, -0.15) is 5.10 Å². The molecule has 2 saturated heterocycles. The van der Waals surface area contributed by atoms with E-state index >= 15 is 0 Å². The molecule has 10 nitrogen and oxygen atoms in total.